The Labute approximate surface area is 98.6 Å². The molecule has 0 unspecified atom stereocenters. The van der Waals surface area contributed by atoms with Gasteiger partial charge in [-0.25, -0.2) is 4.39 Å². The van der Waals surface area contributed by atoms with Gasteiger partial charge in [0.25, 0.3) is 0 Å². The highest BCUT2D eigenvalue weighted by Crippen LogP contribution is 2.28. The highest BCUT2D eigenvalue weighted by atomic mass is 79.9. The first-order valence-corrected chi connectivity index (χ1v) is 5.03. The second-order valence-electron chi connectivity index (χ2n) is 2.97. The lowest BCUT2D eigenvalue weighted by atomic mass is 10.2. The average molecular weight is 282 g/mol. The standard InChI is InChI=1S/C10H5BrFN3O/c11-5-1-2-7(12)6(3-5)10-15-8(4-13)9(14)16-10/h1-3H,14H2. The summed E-state index contributed by atoms with van der Waals surface area (Å²) in [6.07, 6.45) is 0. The molecule has 0 bridgehead atoms. The molecular formula is C10H5BrFN3O. The van der Waals surface area contributed by atoms with Crippen LogP contribution in [-0.2, 0) is 0 Å². The number of nitrogens with two attached hydrogens (primary N) is 1. The van der Waals surface area contributed by atoms with Crippen molar-refractivity contribution in [2.24, 2.45) is 0 Å². The molecule has 0 spiro atoms. The van der Waals surface area contributed by atoms with E-state index < -0.39 is 5.82 Å². The van der Waals surface area contributed by atoms with Gasteiger partial charge in [0.05, 0.1) is 5.56 Å². The molecule has 6 heteroatoms. The zero-order chi connectivity index (χ0) is 11.7. The number of rotatable bonds is 1. The molecule has 2 rings (SSSR count). The number of aromatic nitrogens is 1. The molecule has 1 aromatic carbocycles. The van der Waals surface area contributed by atoms with Crippen molar-refractivity contribution >= 4 is 21.8 Å². The Hall–Kier alpha value is -1.87. The van der Waals surface area contributed by atoms with Crippen LogP contribution in [0.15, 0.2) is 27.1 Å². The molecule has 0 aliphatic carbocycles. The predicted molar refractivity (Wildman–Crippen MR) is 58.7 cm³/mol. The highest BCUT2D eigenvalue weighted by Gasteiger charge is 2.15. The lowest BCUT2D eigenvalue weighted by Crippen LogP contribution is -1.85. The SMILES string of the molecule is N#Cc1nc(-c2cc(Br)ccc2F)oc1N. The van der Waals surface area contributed by atoms with Gasteiger partial charge in [-0.2, -0.15) is 10.2 Å². The minimum absolute atomic E-state index is 0.00662. The Balaban J connectivity index is 2.59. The summed E-state index contributed by atoms with van der Waals surface area (Å²) in [6, 6.07) is 6.08. The second kappa shape index (κ2) is 3.94. The molecule has 0 saturated heterocycles. The number of oxazole rings is 1. The van der Waals surface area contributed by atoms with Crippen molar-refractivity contribution in [3.05, 3.63) is 34.2 Å². The quantitative estimate of drug-likeness (QED) is 0.872. The van der Waals surface area contributed by atoms with E-state index in [9.17, 15) is 4.39 Å². The summed E-state index contributed by atoms with van der Waals surface area (Å²) in [5.74, 6) is -0.612. The minimum Gasteiger partial charge on any atom is -0.419 e. The van der Waals surface area contributed by atoms with Crippen LogP contribution in [0, 0.1) is 17.1 Å². The predicted octanol–water partition coefficient (Wildman–Crippen LogP) is 2.70. The van der Waals surface area contributed by atoms with Crippen LogP contribution in [0.3, 0.4) is 0 Å². The third-order valence-electron chi connectivity index (χ3n) is 1.92. The highest BCUT2D eigenvalue weighted by molar-refractivity contribution is 9.10. The van der Waals surface area contributed by atoms with Crippen LogP contribution < -0.4 is 5.73 Å². The van der Waals surface area contributed by atoms with Crippen molar-refractivity contribution in [2.75, 3.05) is 5.73 Å². The van der Waals surface area contributed by atoms with Crippen molar-refractivity contribution in [1.82, 2.24) is 4.98 Å². The third-order valence-corrected chi connectivity index (χ3v) is 2.41. The summed E-state index contributed by atoms with van der Waals surface area (Å²) in [7, 11) is 0. The Morgan fingerprint density at radius 1 is 1.50 bits per heavy atom. The van der Waals surface area contributed by atoms with Gasteiger partial charge in [0.2, 0.25) is 17.5 Å². The lowest BCUT2D eigenvalue weighted by molar-refractivity contribution is 0.577. The van der Waals surface area contributed by atoms with E-state index in [0.29, 0.717) is 4.47 Å². The molecule has 16 heavy (non-hydrogen) atoms. The number of nitrogen functional groups attached to an aromatic ring is 1. The Morgan fingerprint density at radius 3 is 2.88 bits per heavy atom. The number of nitrogens with zero attached hydrogens (tertiary/aromatic N) is 2. The smallest absolute Gasteiger partial charge is 0.233 e. The van der Waals surface area contributed by atoms with E-state index in [1.807, 2.05) is 0 Å². The van der Waals surface area contributed by atoms with E-state index in [0.717, 1.165) is 0 Å². The Morgan fingerprint density at radius 2 is 2.25 bits per heavy atom. The van der Waals surface area contributed by atoms with E-state index in [-0.39, 0.29) is 23.0 Å². The lowest BCUT2D eigenvalue weighted by Gasteiger charge is -1.98. The van der Waals surface area contributed by atoms with Gasteiger partial charge in [-0.15, -0.1) is 0 Å². The molecule has 4 nitrogen and oxygen atoms in total. The van der Waals surface area contributed by atoms with Crippen molar-refractivity contribution in [3.63, 3.8) is 0 Å². The number of halogens is 2. The van der Waals surface area contributed by atoms with E-state index in [4.69, 9.17) is 15.4 Å². The average Bonchev–Trinajstić information content (AvgIpc) is 2.63. The zero-order valence-electron chi connectivity index (χ0n) is 7.87. The fourth-order valence-electron chi connectivity index (χ4n) is 1.19. The summed E-state index contributed by atoms with van der Waals surface area (Å²) in [6.45, 7) is 0. The molecule has 0 aliphatic rings. The number of hydrogen-bond donors (Lipinski definition) is 1. The van der Waals surface area contributed by atoms with Gasteiger partial charge in [0.1, 0.15) is 11.9 Å². The minimum atomic E-state index is -0.492. The van der Waals surface area contributed by atoms with Crippen molar-refractivity contribution in [3.8, 4) is 17.5 Å². The van der Waals surface area contributed by atoms with Gasteiger partial charge >= 0.3 is 0 Å². The van der Waals surface area contributed by atoms with Gasteiger partial charge in [-0.1, -0.05) is 15.9 Å². The van der Waals surface area contributed by atoms with E-state index in [1.54, 1.807) is 12.1 Å². The molecule has 0 saturated carbocycles. The summed E-state index contributed by atoms with van der Waals surface area (Å²) in [5, 5.41) is 8.65. The molecule has 1 aromatic heterocycles. The molecule has 80 valence electrons. The fraction of sp³-hybridized carbons (Fsp3) is 0. The first-order chi connectivity index (χ1) is 7.61. The van der Waals surface area contributed by atoms with Crippen LogP contribution in [0.1, 0.15) is 5.69 Å². The molecule has 0 aliphatic heterocycles. The van der Waals surface area contributed by atoms with Gasteiger partial charge in [0, 0.05) is 4.47 Å². The van der Waals surface area contributed by atoms with E-state index in [1.165, 1.54) is 12.1 Å². The summed E-state index contributed by atoms with van der Waals surface area (Å²) >= 11 is 3.20. The molecular weight excluding hydrogens is 277 g/mol. The van der Waals surface area contributed by atoms with Gasteiger partial charge in [-0.3, -0.25) is 0 Å². The Bertz CT molecular complexity index is 588. The molecule has 0 fully saturated rings. The number of hydrogen-bond acceptors (Lipinski definition) is 4. The van der Waals surface area contributed by atoms with Gasteiger partial charge in [-0.05, 0) is 18.2 Å². The topological polar surface area (TPSA) is 75.8 Å². The maximum Gasteiger partial charge on any atom is 0.233 e. The van der Waals surface area contributed by atoms with E-state index >= 15 is 0 Å². The van der Waals surface area contributed by atoms with Crippen LogP contribution in [0.4, 0.5) is 10.3 Å². The molecule has 0 atom stereocenters. The van der Waals surface area contributed by atoms with Crippen molar-refractivity contribution in [1.29, 1.82) is 5.26 Å². The van der Waals surface area contributed by atoms with Crippen molar-refractivity contribution < 1.29 is 8.81 Å². The zero-order valence-corrected chi connectivity index (χ0v) is 9.45. The van der Waals surface area contributed by atoms with Crippen LogP contribution in [0.25, 0.3) is 11.5 Å². The number of anilines is 1. The summed E-state index contributed by atoms with van der Waals surface area (Å²) < 4.78 is 19.1. The molecule has 0 amide bonds. The summed E-state index contributed by atoms with van der Waals surface area (Å²) in [5.41, 5.74) is 5.50. The summed E-state index contributed by atoms with van der Waals surface area (Å²) in [4.78, 5) is 3.79. The molecule has 2 N–H and O–H groups in total. The number of benzene rings is 1. The molecule has 1 heterocycles. The second-order valence-corrected chi connectivity index (χ2v) is 3.88. The van der Waals surface area contributed by atoms with Gasteiger partial charge in [0.15, 0.2) is 0 Å². The third kappa shape index (κ3) is 1.77. The fourth-order valence-corrected chi connectivity index (χ4v) is 1.55. The van der Waals surface area contributed by atoms with E-state index in [2.05, 4.69) is 20.9 Å². The van der Waals surface area contributed by atoms with Crippen molar-refractivity contribution in [2.45, 2.75) is 0 Å². The van der Waals surface area contributed by atoms with Crippen LogP contribution in [0.2, 0.25) is 0 Å². The normalized spacial score (nSPS) is 10.1. The maximum absolute atomic E-state index is 13.5. The van der Waals surface area contributed by atoms with Crippen LogP contribution >= 0.6 is 15.9 Å². The molecule has 0 radical (unpaired) electrons. The largest absolute Gasteiger partial charge is 0.419 e. The first-order valence-electron chi connectivity index (χ1n) is 4.23. The maximum atomic E-state index is 13.5. The Kier molecular flexibility index (Phi) is 2.62. The van der Waals surface area contributed by atoms with Crippen LogP contribution in [-0.4, -0.2) is 4.98 Å². The number of nitriles is 1. The van der Waals surface area contributed by atoms with Crippen LogP contribution in [0.5, 0.6) is 0 Å². The van der Waals surface area contributed by atoms with Gasteiger partial charge < -0.3 is 10.2 Å². The molecule has 2 aromatic rings. The first kappa shape index (κ1) is 10.6. The monoisotopic (exact) mass is 281 g/mol.